The molecule has 0 radical (unpaired) electrons. The van der Waals surface area contributed by atoms with E-state index in [1.807, 2.05) is 20.8 Å². The quantitative estimate of drug-likeness (QED) is 0.318. The van der Waals surface area contributed by atoms with Crippen molar-refractivity contribution in [2.75, 3.05) is 20.2 Å². The predicted octanol–water partition coefficient (Wildman–Crippen LogP) is 4.06. The van der Waals surface area contributed by atoms with Crippen LogP contribution < -0.4 is 5.32 Å². The Morgan fingerprint density at radius 1 is 1.03 bits per heavy atom. The second-order valence-corrected chi connectivity index (χ2v) is 11.0. The van der Waals surface area contributed by atoms with Crippen molar-refractivity contribution in [1.29, 1.82) is 0 Å². The van der Waals surface area contributed by atoms with Crippen LogP contribution in [0.25, 0.3) is 0 Å². The Hall–Kier alpha value is -1.83. The van der Waals surface area contributed by atoms with Crippen molar-refractivity contribution in [3.8, 4) is 0 Å². The molecule has 0 bridgehead atoms. The highest BCUT2D eigenvalue weighted by atomic mass is 16.6. The van der Waals surface area contributed by atoms with Crippen LogP contribution in [0, 0.1) is 5.92 Å². The van der Waals surface area contributed by atoms with Gasteiger partial charge in [0.15, 0.2) is 0 Å². The van der Waals surface area contributed by atoms with Gasteiger partial charge in [-0.2, -0.15) is 0 Å². The number of ether oxygens (including phenoxy) is 3. The van der Waals surface area contributed by atoms with Crippen molar-refractivity contribution in [3.05, 3.63) is 0 Å². The van der Waals surface area contributed by atoms with E-state index in [2.05, 4.69) is 19.2 Å². The van der Waals surface area contributed by atoms with E-state index in [0.717, 1.165) is 0 Å². The fourth-order valence-corrected chi connectivity index (χ4v) is 3.99. The lowest BCUT2D eigenvalue weighted by Gasteiger charge is -2.37. The molecule has 1 fully saturated rings. The van der Waals surface area contributed by atoms with E-state index < -0.39 is 34.8 Å². The van der Waals surface area contributed by atoms with E-state index in [4.69, 9.17) is 14.2 Å². The minimum absolute atomic E-state index is 0.273. The maximum atomic E-state index is 12.8. The van der Waals surface area contributed by atoms with Gasteiger partial charge in [-0.25, -0.2) is 9.59 Å². The fourth-order valence-electron chi connectivity index (χ4n) is 3.99. The van der Waals surface area contributed by atoms with Crippen LogP contribution in [0.5, 0.6) is 0 Å². The molecule has 32 heavy (non-hydrogen) atoms. The number of likely N-dealkylation sites (tertiary alicyclic amines) is 1. The van der Waals surface area contributed by atoms with E-state index in [1.165, 1.54) is 12.0 Å². The van der Waals surface area contributed by atoms with Crippen LogP contribution >= 0.6 is 0 Å². The Bertz CT molecular complexity index is 650. The molecule has 0 spiro atoms. The Balaban J connectivity index is 2.85. The first-order valence-electron chi connectivity index (χ1n) is 11.7. The number of nitrogens with one attached hydrogen (secondary N) is 1. The van der Waals surface area contributed by atoms with Crippen LogP contribution in [0.15, 0.2) is 0 Å². The predicted molar refractivity (Wildman–Crippen MR) is 123 cm³/mol. The minimum Gasteiger partial charge on any atom is -0.467 e. The molecule has 0 aromatic rings. The summed E-state index contributed by atoms with van der Waals surface area (Å²) in [7, 11) is 1.34. The van der Waals surface area contributed by atoms with Crippen molar-refractivity contribution in [3.63, 3.8) is 0 Å². The summed E-state index contributed by atoms with van der Waals surface area (Å²) in [6, 6.07) is -0.422. The second kappa shape index (κ2) is 11.3. The van der Waals surface area contributed by atoms with Crippen molar-refractivity contribution < 1.29 is 28.6 Å². The summed E-state index contributed by atoms with van der Waals surface area (Å²) in [5.74, 6) is -0.379. The molecule has 8 nitrogen and oxygen atoms in total. The summed E-state index contributed by atoms with van der Waals surface area (Å²) in [5, 5.41) is 3.29. The molecular formula is C24H44N2O6. The van der Waals surface area contributed by atoms with Gasteiger partial charge in [0.25, 0.3) is 0 Å². The summed E-state index contributed by atoms with van der Waals surface area (Å²) >= 11 is 0. The molecule has 1 saturated heterocycles. The number of methoxy groups -OCH3 is 1. The Kier molecular flexibility index (Phi) is 10.00. The van der Waals surface area contributed by atoms with Gasteiger partial charge in [0, 0.05) is 6.54 Å². The number of hydrogen-bond acceptors (Lipinski definition) is 7. The highest BCUT2D eigenvalue weighted by Gasteiger charge is 2.51. The maximum Gasteiger partial charge on any atom is 0.411 e. The van der Waals surface area contributed by atoms with Gasteiger partial charge in [0.2, 0.25) is 0 Å². The van der Waals surface area contributed by atoms with Crippen molar-refractivity contribution in [2.45, 2.75) is 110 Å². The number of carbonyl (C=O) groups excluding carboxylic acids is 3. The van der Waals surface area contributed by atoms with E-state index in [0.29, 0.717) is 51.1 Å². The molecule has 0 aromatic heterocycles. The molecular weight excluding hydrogens is 412 g/mol. The number of rotatable bonds is 9. The van der Waals surface area contributed by atoms with E-state index in [9.17, 15) is 14.4 Å². The molecule has 1 N–H and O–H groups in total. The molecule has 1 rings (SSSR count). The summed E-state index contributed by atoms with van der Waals surface area (Å²) in [5.41, 5.74) is -2.25. The number of hydrogen-bond donors (Lipinski definition) is 1. The van der Waals surface area contributed by atoms with E-state index in [1.54, 1.807) is 20.8 Å². The molecule has 0 aromatic carbocycles. The molecule has 0 saturated carbocycles. The fraction of sp³-hybridized carbons (Fsp3) is 0.875. The SMILES string of the molecule is COC(=O)[C@]1(CCCN[C@@H](CC(C)C)C(=O)OC(C)(C)C)CCCN1C(=O)OC(C)(C)C. The van der Waals surface area contributed by atoms with Crippen LogP contribution in [0.1, 0.15) is 87.5 Å². The molecule has 2 atom stereocenters. The topological polar surface area (TPSA) is 94.2 Å². The normalized spacial score (nSPS) is 20.2. The first-order chi connectivity index (χ1) is 14.6. The van der Waals surface area contributed by atoms with Crippen LogP contribution in [0.2, 0.25) is 0 Å². The van der Waals surface area contributed by atoms with Gasteiger partial charge in [0.1, 0.15) is 22.8 Å². The smallest absolute Gasteiger partial charge is 0.411 e. The number of nitrogens with zero attached hydrogens (tertiary/aromatic N) is 1. The van der Waals surface area contributed by atoms with Crippen molar-refractivity contribution in [1.82, 2.24) is 10.2 Å². The Morgan fingerprint density at radius 3 is 2.12 bits per heavy atom. The molecule has 186 valence electrons. The summed E-state index contributed by atoms with van der Waals surface area (Å²) in [6.07, 6.45) is 2.40. The zero-order chi connectivity index (χ0) is 24.7. The van der Waals surface area contributed by atoms with Crippen LogP contribution in [-0.2, 0) is 23.8 Å². The molecule has 1 aliphatic rings. The third-order valence-corrected chi connectivity index (χ3v) is 5.22. The highest BCUT2D eigenvalue weighted by Crippen LogP contribution is 2.36. The van der Waals surface area contributed by atoms with Crippen LogP contribution in [0.4, 0.5) is 4.79 Å². The number of carbonyl (C=O) groups is 3. The zero-order valence-corrected chi connectivity index (χ0v) is 21.5. The molecule has 0 unspecified atom stereocenters. The Labute approximate surface area is 193 Å². The van der Waals surface area contributed by atoms with Gasteiger partial charge in [-0.1, -0.05) is 13.8 Å². The average molecular weight is 457 g/mol. The van der Waals surface area contributed by atoms with Gasteiger partial charge in [-0.3, -0.25) is 9.69 Å². The molecule has 1 heterocycles. The van der Waals surface area contributed by atoms with Crippen LogP contribution in [0.3, 0.4) is 0 Å². The van der Waals surface area contributed by atoms with Gasteiger partial charge in [-0.15, -0.1) is 0 Å². The highest BCUT2D eigenvalue weighted by molar-refractivity contribution is 5.86. The zero-order valence-electron chi connectivity index (χ0n) is 21.5. The first kappa shape index (κ1) is 28.2. The third-order valence-electron chi connectivity index (χ3n) is 5.22. The van der Waals surface area contributed by atoms with Gasteiger partial charge >= 0.3 is 18.0 Å². The number of esters is 2. The van der Waals surface area contributed by atoms with Crippen molar-refractivity contribution >= 4 is 18.0 Å². The lowest BCUT2D eigenvalue weighted by Crippen LogP contribution is -2.55. The van der Waals surface area contributed by atoms with Crippen LogP contribution in [-0.4, -0.2) is 65.9 Å². The second-order valence-electron chi connectivity index (χ2n) is 11.0. The van der Waals surface area contributed by atoms with Crippen molar-refractivity contribution in [2.24, 2.45) is 5.92 Å². The molecule has 1 aliphatic heterocycles. The summed E-state index contributed by atoms with van der Waals surface area (Å²) in [4.78, 5) is 39.7. The lowest BCUT2D eigenvalue weighted by atomic mass is 9.90. The Morgan fingerprint density at radius 2 is 1.62 bits per heavy atom. The van der Waals surface area contributed by atoms with E-state index >= 15 is 0 Å². The minimum atomic E-state index is -1.04. The third kappa shape index (κ3) is 8.60. The first-order valence-corrected chi connectivity index (χ1v) is 11.7. The largest absolute Gasteiger partial charge is 0.467 e. The van der Waals surface area contributed by atoms with E-state index in [-0.39, 0.29) is 5.97 Å². The molecule has 0 aliphatic carbocycles. The number of amides is 1. The molecule has 8 heteroatoms. The van der Waals surface area contributed by atoms with Gasteiger partial charge in [0.05, 0.1) is 7.11 Å². The monoisotopic (exact) mass is 456 g/mol. The summed E-state index contributed by atoms with van der Waals surface area (Å²) in [6.45, 7) is 16.0. The van der Waals surface area contributed by atoms with Gasteiger partial charge in [-0.05, 0) is 86.1 Å². The van der Waals surface area contributed by atoms with Gasteiger partial charge < -0.3 is 19.5 Å². The standard InChI is InChI=1S/C24H44N2O6/c1-17(2)16-18(19(27)31-22(3,4)5)25-14-10-12-24(20(28)30-9)13-11-15-26(24)21(29)32-23(6,7)8/h17-18,25H,10-16H2,1-9H3/t18-,24-/m0/s1. The molecule has 1 amide bonds. The summed E-state index contributed by atoms with van der Waals surface area (Å²) < 4.78 is 16.2. The lowest BCUT2D eigenvalue weighted by molar-refractivity contribution is -0.158. The average Bonchev–Trinajstić information content (AvgIpc) is 3.05. The maximum absolute atomic E-state index is 12.8.